The Kier molecular flexibility index (Phi) is 1.83. The number of carbonyl (C=O) groups is 1. The van der Waals surface area contributed by atoms with Crippen molar-refractivity contribution < 1.29 is 9.90 Å². The molecule has 0 atom stereocenters. The predicted octanol–water partition coefficient (Wildman–Crippen LogP) is -0.766. The molecule has 0 unspecified atom stereocenters. The molecule has 0 aliphatic carbocycles. The number of nitrogens with zero attached hydrogens (tertiary/aromatic N) is 4. The largest absolute Gasteiger partial charge is 0.480 e. The Labute approximate surface area is 61.7 Å². The molecule has 0 amide bonds. The third-order valence-corrected chi connectivity index (χ3v) is 0.934. The number of rotatable bonds is 2. The van der Waals surface area contributed by atoms with E-state index < -0.39 is 5.97 Å². The van der Waals surface area contributed by atoms with Gasteiger partial charge in [0, 0.05) is 0 Å². The number of aromatic nitrogens is 3. The van der Waals surface area contributed by atoms with Gasteiger partial charge in [-0.05, 0) is 0 Å². The molecule has 0 saturated carbocycles. The van der Waals surface area contributed by atoms with E-state index in [4.69, 9.17) is 10.4 Å². The summed E-state index contributed by atoms with van der Waals surface area (Å²) in [5, 5.41) is 20.1. The summed E-state index contributed by atoms with van der Waals surface area (Å²) in [5.74, 6) is -1.04. The third kappa shape index (κ3) is 1.76. The number of hydrogen-bond donors (Lipinski definition) is 1. The molecule has 0 bridgehead atoms. The second-order valence-electron chi connectivity index (χ2n) is 1.77. The van der Waals surface area contributed by atoms with Crippen molar-refractivity contribution in [1.82, 2.24) is 14.8 Å². The van der Waals surface area contributed by atoms with Gasteiger partial charge >= 0.3 is 5.97 Å². The number of carboxylic acids is 1. The average Bonchev–Trinajstić information content (AvgIpc) is 2.34. The van der Waals surface area contributed by atoms with Crippen LogP contribution in [0, 0.1) is 11.3 Å². The van der Waals surface area contributed by atoms with E-state index in [1.165, 1.54) is 6.33 Å². The molecule has 0 aliphatic rings. The molecule has 1 aromatic heterocycles. The van der Waals surface area contributed by atoms with Gasteiger partial charge in [0.1, 0.15) is 18.9 Å². The Morgan fingerprint density at radius 2 is 2.64 bits per heavy atom. The lowest BCUT2D eigenvalue weighted by atomic mass is 10.7. The van der Waals surface area contributed by atoms with Crippen LogP contribution < -0.4 is 0 Å². The lowest BCUT2D eigenvalue weighted by Gasteiger charge is -1.90. The minimum Gasteiger partial charge on any atom is -0.480 e. The third-order valence-electron chi connectivity index (χ3n) is 0.934. The fraction of sp³-hybridized carbons (Fsp3) is 0.200. The maximum absolute atomic E-state index is 10.1. The van der Waals surface area contributed by atoms with E-state index in [1.807, 2.05) is 0 Å². The highest BCUT2D eigenvalue weighted by Gasteiger charge is 2.01. The standard InChI is InChI=1S/C5H4N4O2/c6-1-4-7-3-9(8-4)2-5(10)11/h3H,2H2,(H,10,11). The van der Waals surface area contributed by atoms with Crippen LogP contribution in [0.25, 0.3) is 0 Å². The maximum atomic E-state index is 10.1. The molecule has 1 aromatic rings. The molecule has 0 fully saturated rings. The van der Waals surface area contributed by atoms with Crippen molar-refractivity contribution in [2.24, 2.45) is 0 Å². The van der Waals surface area contributed by atoms with Crippen LogP contribution in [-0.2, 0) is 11.3 Å². The van der Waals surface area contributed by atoms with E-state index >= 15 is 0 Å². The van der Waals surface area contributed by atoms with Gasteiger partial charge in [-0.1, -0.05) is 0 Å². The van der Waals surface area contributed by atoms with Crippen LogP contribution in [0.15, 0.2) is 6.33 Å². The molecule has 1 rings (SSSR count). The molecule has 6 heteroatoms. The monoisotopic (exact) mass is 152 g/mol. The summed E-state index contributed by atoms with van der Waals surface area (Å²) in [7, 11) is 0. The smallest absolute Gasteiger partial charge is 0.325 e. The van der Waals surface area contributed by atoms with Crippen molar-refractivity contribution in [2.75, 3.05) is 0 Å². The van der Waals surface area contributed by atoms with Gasteiger partial charge in [-0.3, -0.25) is 4.79 Å². The number of nitriles is 1. The number of aliphatic carboxylic acids is 1. The Bertz CT molecular complexity index is 311. The molecule has 56 valence electrons. The highest BCUT2D eigenvalue weighted by atomic mass is 16.4. The molecule has 0 radical (unpaired) electrons. The van der Waals surface area contributed by atoms with E-state index in [9.17, 15) is 4.79 Å². The first-order valence-corrected chi connectivity index (χ1v) is 2.73. The van der Waals surface area contributed by atoms with E-state index in [0.717, 1.165) is 4.68 Å². The number of hydrogen-bond acceptors (Lipinski definition) is 4. The van der Waals surface area contributed by atoms with Crippen LogP contribution in [0.2, 0.25) is 0 Å². The minimum atomic E-state index is -1.01. The van der Waals surface area contributed by atoms with Crippen LogP contribution in [0.4, 0.5) is 0 Å². The highest BCUT2D eigenvalue weighted by Crippen LogP contribution is 1.86. The Morgan fingerprint density at radius 1 is 1.91 bits per heavy atom. The normalized spacial score (nSPS) is 9.00. The first-order chi connectivity index (χ1) is 5.22. The fourth-order valence-electron chi connectivity index (χ4n) is 0.561. The van der Waals surface area contributed by atoms with Gasteiger partial charge in [0.25, 0.3) is 5.82 Å². The molecule has 1 N–H and O–H groups in total. The fourth-order valence-corrected chi connectivity index (χ4v) is 0.561. The van der Waals surface area contributed by atoms with Gasteiger partial charge in [0.2, 0.25) is 0 Å². The lowest BCUT2D eigenvalue weighted by molar-refractivity contribution is -0.137. The summed E-state index contributed by atoms with van der Waals surface area (Å²) >= 11 is 0. The van der Waals surface area contributed by atoms with Gasteiger partial charge in [0.05, 0.1) is 0 Å². The summed E-state index contributed by atoms with van der Waals surface area (Å²) in [6.07, 6.45) is 1.20. The van der Waals surface area contributed by atoms with Crippen molar-refractivity contribution in [1.29, 1.82) is 5.26 Å². The molecule has 0 aliphatic heterocycles. The molecule has 6 nitrogen and oxygen atoms in total. The van der Waals surface area contributed by atoms with Crippen LogP contribution in [-0.4, -0.2) is 25.8 Å². The zero-order chi connectivity index (χ0) is 8.27. The second-order valence-corrected chi connectivity index (χ2v) is 1.77. The topological polar surface area (TPSA) is 91.8 Å². The molecule has 0 aromatic carbocycles. The lowest BCUT2D eigenvalue weighted by Crippen LogP contribution is -2.08. The Morgan fingerprint density at radius 3 is 3.09 bits per heavy atom. The predicted molar refractivity (Wildman–Crippen MR) is 32.4 cm³/mol. The van der Waals surface area contributed by atoms with Gasteiger partial charge < -0.3 is 5.11 Å². The van der Waals surface area contributed by atoms with Gasteiger partial charge in [-0.15, -0.1) is 5.10 Å². The van der Waals surface area contributed by atoms with Crippen LogP contribution in [0.1, 0.15) is 5.82 Å². The van der Waals surface area contributed by atoms with Gasteiger partial charge in [0.15, 0.2) is 0 Å². The van der Waals surface area contributed by atoms with Gasteiger partial charge in [-0.25, -0.2) is 9.67 Å². The molecular weight excluding hydrogens is 148 g/mol. The zero-order valence-electron chi connectivity index (χ0n) is 5.43. The minimum absolute atomic E-state index is 0.0220. The zero-order valence-corrected chi connectivity index (χ0v) is 5.43. The molecule has 11 heavy (non-hydrogen) atoms. The second kappa shape index (κ2) is 2.79. The van der Waals surface area contributed by atoms with Gasteiger partial charge in [-0.2, -0.15) is 5.26 Å². The summed E-state index contributed by atoms with van der Waals surface area (Å²) in [4.78, 5) is 13.6. The van der Waals surface area contributed by atoms with E-state index in [1.54, 1.807) is 6.07 Å². The SMILES string of the molecule is N#Cc1ncn(CC(=O)O)n1. The summed E-state index contributed by atoms with van der Waals surface area (Å²) < 4.78 is 1.08. The van der Waals surface area contributed by atoms with Crippen molar-refractivity contribution >= 4 is 5.97 Å². The van der Waals surface area contributed by atoms with Crippen molar-refractivity contribution in [3.63, 3.8) is 0 Å². The Hall–Kier alpha value is -1.90. The summed E-state index contributed by atoms with van der Waals surface area (Å²) in [5.41, 5.74) is 0. The van der Waals surface area contributed by atoms with Crippen molar-refractivity contribution in [2.45, 2.75) is 6.54 Å². The average molecular weight is 152 g/mol. The number of carboxylic acid groups (broad SMARTS) is 1. The van der Waals surface area contributed by atoms with Crippen LogP contribution >= 0.6 is 0 Å². The molecular formula is C5H4N4O2. The summed E-state index contributed by atoms with van der Waals surface area (Å²) in [6, 6.07) is 1.68. The van der Waals surface area contributed by atoms with Crippen molar-refractivity contribution in [3.8, 4) is 6.07 Å². The van der Waals surface area contributed by atoms with Crippen LogP contribution in [0.5, 0.6) is 0 Å². The van der Waals surface area contributed by atoms with Crippen LogP contribution in [0.3, 0.4) is 0 Å². The van der Waals surface area contributed by atoms with Crippen molar-refractivity contribution in [3.05, 3.63) is 12.2 Å². The van der Waals surface area contributed by atoms with E-state index in [2.05, 4.69) is 10.1 Å². The quantitative estimate of drug-likeness (QED) is 0.601. The molecule has 0 spiro atoms. The molecule has 0 saturated heterocycles. The first-order valence-electron chi connectivity index (χ1n) is 2.73. The molecule has 1 heterocycles. The highest BCUT2D eigenvalue weighted by molar-refractivity contribution is 5.66. The summed E-state index contributed by atoms with van der Waals surface area (Å²) in [6.45, 7) is -0.269. The van der Waals surface area contributed by atoms with E-state index in [-0.39, 0.29) is 12.4 Å². The van der Waals surface area contributed by atoms with E-state index in [0.29, 0.717) is 0 Å². The Balaban J connectivity index is 2.75. The first kappa shape index (κ1) is 7.21. The maximum Gasteiger partial charge on any atom is 0.325 e.